The van der Waals surface area contributed by atoms with Gasteiger partial charge in [-0.25, -0.2) is 4.57 Å². The number of amides is 1. The molecule has 1 heterocycles. The normalized spacial score (nSPS) is 10.5. The van der Waals surface area contributed by atoms with Crippen LogP contribution < -0.4 is 10.3 Å². The van der Waals surface area contributed by atoms with Gasteiger partial charge in [-0.05, 0) is 12.0 Å². The maximum Gasteiger partial charge on any atom is 0.254 e. The highest BCUT2D eigenvalue weighted by Gasteiger charge is 2.07. The van der Waals surface area contributed by atoms with Crippen LogP contribution in [-0.2, 0) is 6.54 Å². The molecule has 0 radical (unpaired) electrons. The smallest absolute Gasteiger partial charge is 0.254 e. The van der Waals surface area contributed by atoms with E-state index < -0.39 is 0 Å². The molecule has 0 aliphatic rings. The zero-order valence-corrected chi connectivity index (χ0v) is 8.73. The molecule has 0 fully saturated rings. The van der Waals surface area contributed by atoms with E-state index in [0.717, 1.165) is 13.0 Å². The second-order valence-electron chi connectivity index (χ2n) is 3.88. The monoisotopic (exact) mass is 193 g/mol. The number of carbonyl (C=O) groups excluding carboxylic acids is 1. The maximum atomic E-state index is 10.9. The van der Waals surface area contributed by atoms with Crippen LogP contribution in [0.3, 0.4) is 0 Å². The van der Waals surface area contributed by atoms with Gasteiger partial charge in [0.25, 0.3) is 5.91 Å². The molecule has 1 aromatic heterocycles. The van der Waals surface area contributed by atoms with E-state index in [0.29, 0.717) is 11.5 Å². The van der Waals surface area contributed by atoms with E-state index in [1.165, 1.54) is 0 Å². The van der Waals surface area contributed by atoms with Gasteiger partial charge in [-0.1, -0.05) is 13.8 Å². The van der Waals surface area contributed by atoms with Crippen LogP contribution in [0.1, 0.15) is 30.6 Å². The maximum absolute atomic E-state index is 10.9. The molecule has 2 N–H and O–H groups in total. The molecule has 1 amide bonds. The number of primary amides is 1. The largest absolute Gasteiger partial charge is 0.365 e. The number of aryl methyl sites for hydroxylation is 1. The molecule has 3 nitrogen and oxygen atoms in total. The van der Waals surface area contributed by atoms with Crippen molar-refractivity contribution >= 4 is 5.91 Å². The summed E-state index contributed by atoms with van der Waals surface area (Å²) >= 11 is 0. The lowest BCUT2D eigenvalue weighted by Gasteiger charge is -2.01. The molecule has 76 valence electrons. The Kier molecular flexibility index (Phi) is 3.63. The molecule has 0 aliphatic carbocycles. The van der Waals surface area contributed by atoms with E-state index in [1.807, 2.05) is 16.8 Å². The minimum Gasteiger partial charge on any atom is -0.365 e. The van der Waals surface area contributed by atoms with Crippen molar-refractivity contribution in [3.63, 3.8) is 0 Å². The predicted octanol–water partition coefficient (Wildman–Crippen LogP) is 1.12. The van der Waals surface area contributed by atoms with E-state index in [1.54, 1.807) is 12.3 Å². The van der Waals surface area contributed by atoms with Crippen LogP contribution in [0.2, 0.25) is 0 Å². The zero-order valence-electron chi connectivity index (χ0n) is 8.73. The van der Waals surface area contributed by atoms with Crippen molar-refractivity contribution in [1.82, 2.24) is 0 Å². The lowest BCUT2D eigenvalue weighted by molar-refractivity contribution is -0.698. The van der Waals surface area contributed by atoms with Gasteiger partial charge in [-0.2, -0.15) is 0 Å². The van der Waals surface area contributed by atoms with Gasteiger partial charge >= 0.3 is 0 Å². The standard InChI is InChI=1S/C11H16N2O/c1-9(2)5-7-13-6-3-4-10(8-13)11(12)14/h3-4,6,8-9H,5,7H2,1-2H3,(H-,12,14)/p+1. The van der Waals surface area contributed by atoms with E-state index >= 15 is 0 Å². The van der Waals surface area contributed by atoms with Crippen LogP contribution in [0.5, 0.6) is 0 Å². The van der Waals surface area contributed by atoms with Crippen LogP contribution in [0.4, 0.5) is 0 Å². The summed E-state index contributed by atoms with van der Waals surface area (Å²) in [6, 6.07) is 3.58. The van der Waals surface area contributed by atoms with Crippen LogP contribution >= 0.6 is 0 Å². The second kappa shape index (κ2) is 4.74. The van der Waals surface area contributed by atoms with Crippen molar-refractivity contribution in [2.75, 3.05) is 0 Å². The number of aromatic nitrogens is 1. The Balaban J connectivity index is 2.69. The van der Waals surface area contributed by atoms with E-state index in [9.17, 15) is 4.79 Å². The minimum atomic E-state index is -0.371. The van der Waals surface area contributed by atoms with Gasteiger partial charge < -0.3 is 5.73 Å². The third-order valence-corrected chi connectivity index (χ3v) is 2.11. The van der Waals surface area contributed by atoms with Crippen LogP contribution in [0, 0.1) is 5.92 Å². The van der Waals surface area contributed by atoms with Gasteiger partial charge in [0, 0.05) is 12.5 Å². The Bertz CT molecular complexity index is 321. The number of hydrogen-bond donors (Lipinski definition) is 1. The van der Waals surface area contributed by atoms with Gasteiger partial charge in [0.05, 0.1) is 0 Å². The SMILES string of the molecule is CC(C)CC[n+]1cccc(C(N)=O)c1. The van der Waals surface area contributed by atoms with E-state index in [4.69, 9.17) is 5.73 Å². The molecule has 0 saturated heterocycles. The first-order valence-corrected chi connectivity index (χ1v) is 4.88. The lowest BCUT2D eigenvalue weighted by Crippen LogP contribution is -2.35. The average molecular weight is 193 g/mol. The molecule has 0 aliphatic heterocycles. The second-order valence-corrected chi connectivity index (χ2v) is 3.88. The quantitative estimate of drug-likeness (QED) is 0.716. The predicted molar refractivity (Wildman–Crippen MR) is 54.6 cm³/mol. The molecular weight excluding hydrogens is 176 g/mol. The highest BCUT2D eigenvalue weighted by Crippen LogP contribution is 1.99. The molecule has 14 heavy (non-hydrogen) atoms. The highest BCUT2D eigenvalue weighted by atomic mass is 16.1. The topological polar surface area (TPSA) is 47.0 Å². The Morgan fingerprint density at radius 3 is 2.86 bits per heavy atom. The number of hydrogen-bond acceptors (Lipinski definition) is 1. The van der Waals surface area contributed by atoms with Gasteiger partial charge in [0.2, 0.25) is 0 Å². The molecule has 3 heteroatoms. The van der Waals surface area contributed by atoms with Crippen LogP contribution in [-0.4, -0.2) is 5.91 Å². The first kappa shape index (κ1) is 10.7. The molecule has 0 spiro atoms. The number of nitrogens with two attached hydrogens (primary N) is 1. The molecule has 0 aromatic carbocycles. The molecule has 1 rings (SSSR count). The van der Waals surface area contributed by atoms with Gasteiger partial charge in [-0.15, -0.1) is 0 Å². The molecule has 0 atom stereocenters. The van der Waals surface area contributed by atoms with Gasteiger partial charge in [-0.3, -0.25) is 4.79 Å². The van der Waals surface area contributed by atoms with E-state index in [-0.39, 0.29) is 5.91 Å². The molecule has 0 saturated carbocycles. The third-order valence-electron chi connectivity index (χ3n) is 2.11. The van der Waals surface area contributed by atoms with Crippen LogP contribution in [0.25, 0.3) is 0 Å². The summed E-state index contributed by atoms with van der Waals surface area (Å²) in [5.74, 6) is 0.295. The van der Waals surface area contributed by atoms with Crippen LogP contribution in [0.15, 0.2) is 24.5 Å². The summed E-state index contributed by atoms with van der Waals surface area (Å²) in [5, 5.41) is 0. The summed E-state index contributed by atoms with van der Waals surface area (Å²) in [7, 11) is 0. The summed E-state index contributed by atoms with van der Waals surface area (Å²) in [6.07, 6.45) is 4.85. The fourth-order valence-corrected chi connectivity index (χ4v) is 1.21. The zero-order chi connectivity index (χ0) is 10.6. The minimum absolute atomic E-state index is 0.371. The molecular formula is C11H17N2O+. The average Bonchev–Trinajstić information content (AvgIpc) is 2.15. The summed E-state index contributed by atoms with van der Waals surface area (Å²) in [5.41, 5.74) is 5.75. The fourth-order valence-electron chi connectivity index (χ4n) is 1.21. The van der Waals surface area contributed by atoms with Crippen molar-refractivity contribution in [3.05, 3.63) is 30.1 Å². The van der Waals surface area contributed by atoms with Crippen molar-refractivity contribution in [3.8, 4) is 0 Å². The summed E-state index contributed by atoms with van der Waals surface area (Å²) in [6.45, 7) is 5.29. The Hall–Kier alpha value is -1.38. The summed E-state index contributed by atoms with van der Waals surface area (Å²) in [4.78, 5) is 10.9. The first-order valence-electron chi connectivity index (χ1n) is 4.88. The fraction of sp³-hybridized carbons (Fsp3) is 0.455. The van der Waals surface area contributed by atoms with Crippen molar-refractivity contribution in [1.29, 1.82) is 0 Å². The van der Waals surface area contributed by atoms with Crippen molar-refractivity contribution in [2.45, 2.75) is 26.8 Å². The van der Waals surface area contributed by atoms with E-state index in [2.05, 4.69) is 13.8 Å². The number of carbonyl (C=O) groups is 1. The number of rotatable bonds is 4. The highest BCUT2D eigenvalue weighted by molar-refractivity contribution is 5.92. The Morgan fingerprint density at radius 1 is 1.57 bits per heavy atom. The van der Waals surface area contributed by atoms with Gasteiger partial charge in [0.1, 0.15) is 12.1 Å². The third kappa shape index (κ3) is 3.17. The Morgan fingerprint density at radius 2 is 2.29 bits per heavy atom. The lowest BCUT2D eigenvalue weighted by atomic mass is 10.1. The molecule has 0 unspecified atom stereocenters. The molecule has 0 bridgehead atoms. The van der Waals surface area contributed by atoms with Gasteiger partial charge in [0.15, 0.2) is 12.4 Å². The van der Waals surface area contributed by atoms with Crippen molar-refractivity contribution < 1.29 is 9.36 Å². The number of pyridine rings is 1. The number of nitrogens with zero attached hydrogens (tertiary/aromatic N) is 1. The first-order chi connectivity index (χ1) is 6.59. The Labute approximate surface area is 84.6 Å². The van der Waals surface area contributed by atoms with Crippen molar-refractivity contribution in [2.24, 2.45) is 11.7 Å². The summed E-state index contributed by atoms with van der Waals surface area (Å²) < 4.78 is 2.00. The molecule has 1 aromatic rings.